The Labute approximate surface area is 115 Å². The van der Waals surface area contributed by atoms with Crippen LogP contribution < -0.4 is 0 Å². The Kier molecular flexibility index (Phi) is 3.22. The maximum atomic E-state index is 9.45. The Morgan fingerprint density at radius 1 is 1.10 bits per heavy atom. The number of benzene rings is 1. The number of aliphatic hydroxyl groups excluding tert-OH is 1. The van der Waals surface area contributed by atoms with Crippen molar-refractivity contribution in [1.82, 2.24) is 25.2 Å². The van der Waals surface area contributed by atoms with Gasteiger partial charge in [-0.25, -0.2) is 4.98 Å². The lowest BCUT2D eigenvalue weighted by atomic mass is 10.2. The minimum atomic E-state index is -0.542. The Morgan fingerprint density at radius 2 is 1.90 bits per heavy atom. The molecule has 1 N–H and O–H groups in total. The summed E-state index contributed by atoms with van der Waals surface area (Å²) >= 11 is 0. The van der Waals surface area contributed by atoms with Gasteiger partial charge < -0.3 is 5.11 Å². The summed E-state index contributed by atoms with van der Waals surface area (Å²) in [5.41, 5.74) is 1.65. The number of pyridine rings is 1. The molecule has 6 heteroatoms. The molecule has 20 heavy (non-hydrogen) atoms. The second-order valence-electron chi connectivity index (χ2n) is 4.39. The number of aliphatic hydroxyl groups is 1. The van der Waals surface area contributed by atoms with Gasteiger partial charge in [0.05, 0.1) is 6.10 Å². The number of rotatable bonds is 3. The number of hydrogen-bond acceptors (Lipinski definition) is 5. The van der Waals surface area contributed by atoms with E-state index in [1.165, 1.54) is 4.80 Å². The van der Waals surface area contributed by atoms with E-state index >= 15 is 0 Å². The Hall–Kier alpha value is -2.60. The number of nitrogens with zero attached hydrogens (tertiary/aromatic N) is 5. The molecule has 2 heterocycles. The van der Waals surface area contributed by atoms with Gasteiger partial charge in [0.2, 0.25) is 5.82 Å². The van der Waals surface area contributed by atoms with E-state index in [-0.39, 0.29) is 0 Å². The third kappa shape index (κ3) is 2.41. The topological polar surface area (TPSA) is 76.7 Å². The molecule has 0 bridgehead atoms. The normalized spacial score (nSPS) is 12.3. The smallest absolute Gasteiger partial charge is 0.205 e. The van der Waals surface area contributed by atoms with Crippen LogP contribution in [0, 0.1) is 0 Å². The van der Waals surface area contributed by atoms with Crippen molar-refractivity contribution < 1.29 is 5.11 Å². The highest BCUT2D eigenvalue weighted by Gasteiger charge is 2.08. The summed E-state index contributed by atoms with van der Waals surface area (Å²) in [7, 11) is 0. The molecule has 3 rings (SSSR count). The number of aromatic nitrogens is 5. The molecule has 0 aliphatic carbocycles. The van der Waals surface area contributed by atoms with Crippen molar-refractivity contribution >= 4 is 0 Å². The van der Waals surface area contributed by atoms with Crippen molar-refractivity contribution in [3.63, 3.8) is 0 Å². The van der Waals surface area contributed by atoms with E-state index in [4.69, 9.17) is 0 Å². The van der Waals surface area contributed by atoms with Crippen LogP contribution in [-0.4, -0.2) is 30.3 Å². The molecule has 0 spiro atoms. The Balaban J connectivity index is 1.90. The molecular formula is C14H13N5O. The molecular weight excluding hydrogens is 254 g/mol. The summed E-state index contributed by atoms with van der Waals surface area (Å²) in [5, 5.41) is 21.7. The van der Waals surface area contributed by atoms with E-state index in [0.29, 0.717) is 11.6 Å². The quantitative estimate of drug-likeness (QED) is 0.782. The monoisotopic (exact) mass is 267 g/mol. The van der Waals surface area contributed by atoms with Crippen LogP contribution >= 0.6 is 0 Å². The molecule has 6 nitrogen and oxygen atoms in total. The minimum Gasteiger partial charge on any atom is -0.389 e. The first-order chi connectivity index (χ1) is 9.74. The molecule has 1 aromatic carbocycles. The van der Waals surface area contributed by atoms with E-state index in [1.807, 2.05) is 30.3 Å². The lowest BCUT2D eigenvalue weighted by Crippen LogP contribution is -2.03. The molecule has 3 aromatic rings. The average Bonchev–Trinajstić information content (AvgIpc) is 2.98. The second kappa shape index (κ2) is 5.18. The number of tetrazole rings is 1. The minimum absolute atomic E-state index is 0.542. The molecule has 2 aromatic heterocycles. The van der Waals surface area contributed by atoms with Gasteiger partial charge in [0.1, 0.15) is 0 Å². The fourth-order valence-electron chi connectivity index (χ4n) is 1.78. The summed E-state index contributed by atoms with van der Waals surface area (Å²) in [4.78, 5) is 5.58. The van der Waals surface area contributed by atoms with Crippen LogP contribution in [0.5, 0.6) is 0 Å². The zero-order valence-electron chi connectivity index (χ0n) is 10.9. The molecule has 0 saturated carbocycles. The number of hydrogen-bond donors (Lipinski definition) is 1. The van der Waals surface area contributed by atoms with Crippen molar-refractivity contribution in [3.05, 3.63) is 54.2 Å². The van der Waals surface area contributed by atoms with Crippen molar-refractivity contribution in [2.24, 2.45) is 0 Å². The summed E-state index contributed by atoms with van der Waals surface area (Å²) in [6.07, 6.45) is 1.06. The van der Waals surface area contributed by atoms with Crippen molar-refractivity contribution in [3.8, 4) is 17.2 Å². The van der Waals surface area contributed by atoms with Gasteiger partial charge in [-0.15, -0.1) is 15.0 Å². The van der Waals surface area contributed by atoms with Gasteiger partial charge in [0, 0.05) is 11.8 Å². The highest BCUT2D eigenvalue weighted by Crippen LogP contribution is 2.14. The summed E-state index contributed by atoms with van der Waals surface area (Å²) < 4.78 is 0. The van der Waals surface area contributed by atoms with Crippen LogP contribution in [-0.2, 0) is 0 Å². The zero-order chi connectivity index (χ0) is 13.9. The van der Waals surface area contributed by atoms with E-state index in [1.54, 1.807) is 25.3 Å². The van der Waals surface area contributed by atoms with Gasteiger partial charge in [-0.3, -0.25) is 0 Å². The predicted octanol–water partition coefficient (Wildman–Crippen LogP) is 1.78. The molecule has 0 saturated heterocycles. The standard InChI is InChI=1S/C14H13N5O/c1-10(20)12-7-8-13(15-9-12)19-17-14(16-18-19)11-5-3-2-4-6-11/h2-10,20H,1H3/t10-/m0/s1. The molecule has 1 atom stereocenters. The molecule has 0 radical (unpaired) electrons. The van der Waals surface area contributed by atoms with Gasteiger partial charge in [0.25, 0.3) is 0 Å². The maximum absolute atomic E-state index is 9.45. The van der Waals surface area contributed by atoms with Gasteiger partial charge in [0.15, 0.2) is 5.82 Å². The summed E-state index contributed by atoms with van der Waals surface area (Å²) in [6, 6.07) is 13.2. The van der Waals surface area contributed by atoms with Crippen LogP contribution in [0.15, 0.2) is 48.7 Å². The molecule has 0 fully saturated rings. The zero-order valence-corrected chi connectivity index (χ0v) is 10.9. The van der Waals surface area contributed by atoms with Crippen molar-refractivity contribution in [2.75, 3.05) is 0 Å². The largest absolute Gasteiger partial charge is 0.389 e. The molecule has 0 aliphatic rings. The first-order valence-corrected chi connectivity index (χ1v) is 6.24. The van der Waals surface area contributed by atoms with Gasteiger partial charge in [-0.2, -0.15) is 0 Å². The molecule has 0 aliphatic heterocycles. The Bertz CT molecular complexity index is 691. The van der Waals surface area contributed by atoms with Gasteiger partial charge in [-0.1, -0.05) is 36.4 Å². The predicted molar refractivity (Wildman–Crippen MR) is 73.0 cm³/mol. The van der Waals surface area contributed by atoms with Crippen molar-refractivity contribution in [1.29, 1.82) is 0 Å². The van der Waals surface area contributed by atoms with E-state index < -0.39 is 6.10 Å². The highest BCUT2D eigenvalue weighted by molar-refractivity contribution is 5.53. The van der Waals surface area contributed by atoms with Crippen LogP contribution in [0.3, 0.4) is 0 Å². The van der Waals surface area contributed by atoms with Crippen LogP contribution in [0.25, 0.3) is 17.2 Å². The molecule has 0 unspecified atom stereocenters. The second-order valence-corrected chi connectivity index (χ2v) is 4.39. The lowest BCUT2D eigenvalue weighted by Gasteiger charge is -2.03. The fraction of sp³-hybridized carbons (Fsp3) is 0.143. The van der Waals surface area contributed by atoms with Crippen LogP contribution in [0.2, 0.25) is 0 Å². The van der Waals surface area contributed by atoms with E-state index in [2.05, 4.69) is 20.4 Å². The SMILES string of the molecule is C[C@H](O)c1ccc(-n2nnc(-c3ccccc3)n2)nc1. The van der Waals surface area contributed by atoms with Gasteiger partial charge >= 0.3 is 0 Å². The highest BCUT2D eigenvalue weighted by atomic mass is 16.3. The van der Waals surface area contributed by atoms with Gasteiger partial charge in [-0.05, 0) is 23.8 Å². The van der Waals surface area contributed by atoms with E-state index in [0.717, 1.165) is 11.1 Å². The van der Waals surface area contributed by atoms with Crippen molar-refractivity contribution in [2.45, 2.75) is 13.0 Å². The van der Waals surface area contributed by atoms with Crippen LogP contribution in [0.4, 0.5) is 0 Å². The third-order valence-corrected chi connectivity index (χ3v) is 2.90. The third-order valence-electron chi connectivity index (χ3n) is 2.90. The lowest BCUT2D eigenvalue weighted by molar-refractivity contribution is 0.199. The first-order valence-electron chi connectivity index (χ1n) is 6.24. The van der Waals surface area contributed by atoms with Crippen LogP contribution in [0.1, 0.15) is 18.6 Å². The Morgan fingerprint density at radius 3 is 2.55 bits per heavy atom. The average molecular weight is 267 g/mol. The fourth-order valence-corrected chi connectivity index (χ4v) is 1.78. The maximum Gasteiger partial charge on any atom is 0.205 e. The van der Waals surface area contributed by atoms with E-state index in [9.17, 15) is 5.11 Å². The molecule has 0 amide bonds. The summed E-state index contributed by atoms with van der Waals surface area (Å²) in [5.74, 6) is 1.11. The molecule has 100 valence electrons. The first kappa shape index (κ1) is 12.4. The summed E-state index contributed by atoms with van der Waals surface area (Å²) in [6.45, 7) is 1.69.